The maximum atomic E-state index is 12.9. The number of aromatic nitrogens is 1. The lowest BCUT2D eigenvalue weighted by Crippen LogP contribution is -2.27. The quantitative estimate of drug-likeness (QED) is 0.673. The normalized spacial score (nSPS) is 18.5. The van der Waals surface area contributed by atoms with Crippen LogP contribution in [0.25, 0.3) is 11.0 Å². The van der Waals surface area contributed by atoms with Crippen molar-refractivity contribution in [3.05, 3.63) is 71.9 Å². The van der Waals surface area contributed by atoms with Crippen molar-refractivity contribution < 1.29 is 22.4 Å². The number of rotatable bonds is 5. The van der Waals surface area contributed by atoms with Crippen molar-refractivity contribution in [1.29, 1.82) is 0 Å². The average molecular weight is 425 g/mol. The first-order valence-electron chi connectivity index (χ1n) is 9.51. The van der Waals surface area contributed by atoms with E-state index >= 15 is 0 Å². The molecule has 4 heterocycles. The molecule has 9 heteroatoms. The maximum absolute atomic E-state index is 12.9. The van der Waals surface area contributed by atoms with Gasteiger partial charge in [0.2, 0.25) is 0 Å². The van der Waals surface area contributed by atoms with Gasteiger partial charge >= 0.3 is 0 Å². The number of carbonyl (C=O) groups excluding carboxylic acids is 1. The first kappa shape index (κ1) is 18.8. The third kappa shape index (κ3) is 3.35. The minimum absolute atomic E-state index is 0.156. The van der Waals surface area contributed by atoms with Crippen molar-refractivity contribution in [2.24, 2.45) is 5.92 Å². The van der Waals surface area contributed by atoms with Crippen molar-refractivity contribution in [3.8, 4) is 0 Å². The third-order valence-corrected chi connectivity index (χ3v) is 7.09. The molecule has 2 aliphatic heterocycles. The van der Waals surface area contributed by atoms with Gasteiger partial charge in [0.15, 0.2) is 11.3 Å². The number of amides is 1. The second-order valence-corrected chi connectivity index (χ2v) is 9.23. The molecule has 2 aromatic heterocycles. The minimum Gasteiger partial charge on any atom is -0.449 e. The van der Waals surface area contributed by atoms with Crippen LogP contribution in [0, 0.1) is 5.92 Å². The van der Waals surface area contributed by atoms with E-state index < -0.39 is 10.0 Å². The van der Waals surface area contributed by atoms with Gasteiger partial charge in [-0.1, -0.05) is 12.1 Å². The van der Waals surface area contributed by atoms with E-state index in [4.69, 9.17) is 9.15 Å². The van der Waals surface area contributed by atoms with Crippen LogP contribution in [0.2, 0.25) is 0 Å². The highest BCUT2D eigenvalue weighted by Gasteiger charge is 2.35. The first-order chi connectivity index (χ1) is 14.5. The summed E-state index contributed by atoms with van der Waals surface area (Å²) in [6.45, 7) is 1.74. The number of pyridine rings is 1. The Hall–Kier alpha value is -3.17. The summed E-state index contributed by atoms with van der Waals surface area (Å²) in [5, 5.41) is 3.58. The van der Waals surface area contributed by atoms with Crippen molar-refractivity contribution in [3.63, 3.8) is 0 Å². The van der Waals surface area contributed by atoms with Gasteiger partial charge in [-0.05, 0) is 35.4 Å². The molecule has 1 fully saturated rings. The smallest absolute Gasteiger partial charge is 0.287 e. The van der Waals surface area contributed by atoms with Crippen LogP contribution in [-0.4, -0.2) is 43.4 Å². The second-order valence-electron chi connectivity index (χ2n) is 7.34. The number of fused-ring (bicyclic) bond motifs is 2. The maximum Gasteiger partial charge on any atom is 0.287 e. The molecule has 1 N–H and O–H groups in total. The standard InChI is InChI=1S/C21H19N3O5S/c25-21(19-7-15-5-6-22-9-20(15)29-19)23-8-14-1-3-18(4-2-14)30(26,27)24-10-16-12-28-13-17(16)11-24/h1-7,9-10,17H,8,11-13H2,(H,23,25). The van der Waals surface area contributed by atoms with Gasteiger partial charge in [0, 0.05) is 36.8 Å². The summed E-state index contributed by atoms with van der Waals surface area (Å²) in [7, 11) is -3.59. The highest BCUT2D eigenvalue weighted by Crippen LogP contribution is 2.31. The molecule has 1 saturated heterocycles. The summed E-state index contributed by atoms with van der Waals surface area (Å²) in [6, 6.07) is 9.95. The molecule has 30 heavy (non-hydrogen) atoms. The Balaban J connectivity index is 1.25. The Morgan fingerprint density at radius 1 is 1.23 bits per heavy atom. The molecule has 1 amide bonds. The molecule has 1 unspecified atom stereocenters. The van der Waals surface area contributed by atoms with Gasteiger partial charge in [0.05, 0.1) is 24.3 Å². The number of hydrogen-bond donors (Lipinski definition) is 1. The molecule has 1 aromatic carbocycles. The van der Waals surface area contributed by atoms with Crippen LogP contribution in [0.15, 0.2) is 69.9 Å². The Morgan fingerprint density at radius 2 is 2.07 bits per heavy atom. The van der Waals surface area contributed by atoms with Crippen LogP contribution in [0.5, 0.6) is 0 Å². The molecular formula is C21H19N3O5S. The Labute approximate surface area is 173 Å². The molecular weight excluding hydrogens is 406 g/mol. The zero-order valence-corrected chi connectivity index (χ0v) is 16.8. The van der Waals surface area contributed by atoms with Gasteiger partial charge in [-0.3, -0.25) is 14.1 Å². The van der Waals surface area contributed by atoms with Gasteiger partial charge in [0.25, 0.3) is 15.9 Å². The molecule has 8 nitrogen and oxygen atoms in total. The fourth-order valence-corrected chi connectivity index (χ4v) is 5.06. The van der Waals surface area contributed by atoms with Gasteiger partial charge < -0.3 is 14.5 Å². The van der Waals surface area contributed by atoms with Crippen LogP contribution in [0.3, 0.4) is 0 Å². The van der Waals surface area contributed by atoms with Crippen molar-refractivity contribution in [1.82, 2.24) is 14.6 Å². The number of nitrogens with zero attached hydrogens (tertiary/aromatic N) is 2. The summed E-state index contributed by atoms with van der Waals surface area (Å²) >= 11 is 0. The number of nitrogens with one attached hydrogen (secondary N) is 1. The predicted octanol–water partition coefficient (Wildman–Crippen LogP) is 2.29. The molecule has 0 bridgehead atoms. The van der Waals surface area contributed by atoms with E-state index in [0.717, 1.165) is 16.5 Å². The van der Waals surface area contributed by atoms with Crippen molar-refractivity contribution in [2.75, 3.05) is 19.8 Å². The van der Waals surface area contributed by atoms with E-state index in [2.05, 4.69) is 10.3 Å². The zero-order chi connectivity index (χ0) is 20.7. The van der Waals surface area contributed by atoms with Crippen molar-refractivity contribution >= 4 is 26.9 Å². The van der Waals surface area contributed by atoms with Crippen LogP contribution in [0.4, 0.5) is 0 Å². The Kier molecular flexibility index (Phi) is 4.56. The monoisotopic (exact) mass is 425 g/mol. The van der Waals surface area contributed by atoms with E-state index in [1.807, 2.05) is 0 Å². The highest BCUT2D eigenvalue weighted by molar-refractivity contribution is 7.89. The van der Waals surface area contributed by atoms with Gasteiger partial charge in [-0.25, -0.2) is 8.42 Å². The summed E-state index contributed by atoms with van der Waals surface area (Å²) in [5.41, 5.74) is 2.36. The molecule has 0 spiro atoms. The van der Waals surface area contributed by atoms with Crippen LogP contribution in [0.1, 0.15) is 16.1 Å². The summed E-state index contributed by atoms with van der Waals surface area (Å²) in [6.07, 6.45) is 4.87. The molecule has 1 atom stereocenters. The lowest BCUT2D eigenvalue weighted by Gasteiger charge is -2.18. The number of hydrogen-bond acceptors (Lipinski definition) is 6. The number of furan rings is 1. The molecule has 0 saturated carbocycles. The predicted molar refractivity (Wildman–Crippen MR) is 108 cm³/mol. The summed E-state index contributed by atoms with van der Waals surface area (Å²) in [4.78, 5) is 16.5. The molecule has 3 aromatic rings. The fraction of sp³-hybridized carbons (Fsp3) is 0.238. The van der Waals surface area contributed by atoms with Gasteiger partial charge in [-0.15, -0.1) is 0 Å². The van der Waals surface area contributed by atoms with Gasteiger partial charge in [-0.2, -0.15) is 0 Å². The van der Waals surface area contributed by atoms with E-state index in [-0.39, 0.29) is 29.0 Å². The zero-order valence-electron chi connectivity index (χ0n) is 15.9. The Morgan fingerprint density at radius 3 is 2.83 bits per heavy atom. The molecule has 0 aliphatic carbocycles. The number of ether oxygens (including phenoxy) is 1. The molecule has 154 valence electrons. The summed E-state index contributed by atoms with van der Waals surface area (Å²) in [5.74, 6) is 0.0115. The molecule has 2 aliphatic rings. The van der Waals surface area contributed by atoms with E-state index in [0.29, 0.717) is 25.3 Å². The van der Waals surface area contributed by atoms with E-state index in [9.17, 15) is 13.2 Å². The van der Waals surface area contributed by atoms with Gasteiger partial charge in [0.1, 0.15) is 0 Å². The first-order valence-corrected chi connectivity index (χ1v) is 11.0. The minimum atomic E-state index is -3.59. The highest BCUT2D eigenvalue weighted by atomic mass is 32.2. The SMILES string of the molecule is O=C(NCc1ccc(S(=O)(=O)N2C=C3COCC3C2)cc1)c1cc2ccncc2o1. The molecule has 5 rings (SSSR count). The van der Waals surface area contributed by atoms with E-state index in [1.54, 1.807) is 55.0 Å². The fourth-order valence-electron chi connectivity index (χ4n) is 3.66. The van der Waals surface area contributed by atoms with E-state index in [1.165, 1.54) is 4.31 Å². The lowest BCUT2D eigenvalue weighted by molar-refractivity contribution is 0.0925. The third-order valence-electron chi connectivity index (χ3n) is 5.35. The van der Waals surface area contributed by atoms with Crippen LogP contribution < -0.4 is 5.32 Å². The summed E-state index contributed by atoms with van der Waals surface area (Å²) < 4.78 is 38.0. The van der Waals surface area contributed by atoms with Crippen LogP contribution in [-0.2, 0) is 21.3 Å². The molecule has 0 radical (unpaired) electrons. The second kappa shape index (κ2) is 7.26. The number of sulfonamides is 1. The van der Waals surface area contributed by atoms with Crippen molar-refractivity contribution in [2.45, 2.75) is 11.4 Å². The Bertz CT molecular complexity index is 1210. The topological polar surface area (TPSA) is 102 Å². The number of carbonyl (C=O) groups is 1. The largest absolute Gasteiger partial charge is 0.449 e. The number of benzene rings is 1. The lowest BCUT2D eigenvalue weighted by atomic mass is 10.1. The van der Waals surface area contributed by atoms with Crippen LogP contribution >= 0.6 is 0 Å². The average Bonchev–Trinajstić information content (AvgIpc) is 3.46.